The molecule has 0 radical (unpaired) electrons. The van der Waals surface area contributed by atoms with Gasteiger partial charge in [-0.1, -0.05) is 11.6 Å². The molecule has 0 aliphatic rings. The van der Waals surface area contributed by atoms with E-state index >= 15 is 0 Å². The number of aryl methyl sites for hydroxylation is 1. The molecule has 1 heterocycles. The summed E-state index contributed by atoms with van der Waals surface area (Å²) >= 11 is 7.32. The molecule has 1 aromatic carbocycles. The molecule has 1 N–H and O–H groups in total. The van der Waals surface area contributed by atoms with Crippen LogP contribution < -0.4 is 4.72 Å². The lowest BCUT2D eigenvalue weighted by Crippen LogP contribution is -2.23. The summed E-state index contributed by atoms with van der Waals surface area (Å²) in [6, 6.07) is 5.95. The molecule has 0 fully saturated rings. The summed E-state index contributed by atoms with van der Waals surface area (Å²) in [6.45, 7) is 2.00. The summed E-state index contributed by atoms with van der Waals surface area (Å²) in [4.78, 5) is 5.04. The van der Waals surface area contributed by atoms with Gasteiger partial charge >= 0.3 is 0 Å². The van der Waals surface area contributed by atoms with Gasteiger partial charge in [0.2, 0.25) is 10.0 Å². The Kier molecular flexibility index (Phi) is 4.40. The smallest absolute Gasteiger partial charge is 0.242 e. The monoisotopic (exact) mass is 327 g/mol. The third-order valence-electron chi connectivity index (χ3n) is 2.43. The Bertz CT molecular complexity index is 778. The van der Waals surface area contributed by atoms with Crippen LogP contribution in [0.1, 0.15) is 15.4 Å². The molecule has 104 valence electrons. The van der Waals surface area contributed by atoms with Crippen LogP contribution in [-0.2, 0) is 16.6 Å². The van der Waals surface area contributed by atoms with Crippen molar-refractivity contribution in [3.05, 3.63) is 44.9 Å². The number of benzene rings is 1. The van der Waals surface area contributed by atoms with E-state index in [0.29, 0.717) is 10.6 Å². The number of thiazole rings is 1. The lowest BCUT2D eigenvalue weighted by molar-refractivity contribution is 0.581. The van der Waals surface area contributed by atoms with Gasteiger partial charge in [0.05, 0.1) is 23.2 Å². The number of aromatic nitrogens is 1. The van der Waals surface area contributed by atoms with Crippen LogP contribution in [0, 0.1) is 18.3 Å². The summed E-state index contributed by atoms with van der Waals surface area (Å²) in [5, 5.41) is 9.43. The molecular formula is C12H10ClN3O2S2. The highest BCUT2D eigenvalue weighted by molar-refractivity contribution is 7.89. The average Bonchev–Trinajstić information content (AvgIpc) is 2.82. The predicted octanol–water partition coefficient (Wildman–Crippen LogP) is 2.46. The number of nitrogens with one attached hydrogen (secondary N) is 1. The van der Waals surface area contributed by atoms with E-state index in [-0.39, 0.29) is 16.5 Å². The lowest BCUT2D eigenvalue weighted by atomic mass is 10.2. The first-order chi connectivity index (χ1) is 9.42. The fraction of sp³-hybridized carbons (Fsp3) is 0.167. The van der Waals surface area contributed by atoms with Gasteiger partial charge in [-0.05, 0) is 25.1 Å². The van der Waals surface area contributed by atoms with E-state index in [2.05, 4.69) is 9.71 Å². The number of nitriles is 1. The second-order valence-corrected chi connectivity index (χ2v) is 7.41. The first kappa shape index (κ1) is 14.9. The highest BCUT2D eigenvalue weighted by Gasteiger charge is 2.18. The SMILES string of the molecule is Cc1cnc(CNS(=O)(=O)c2ccc(C#N)cc2Cl)s1. The number of hydrogen-bond acceptors (Lipinski definition) is 5. The van der Waals surface area contributed by atoms with Gasteiger partial charge in [0, 0.05) is 11.1 Å². The maximum Gasteiger partial charge on any atom is 0.242 e. The summed E-state index contributed by atoms with van der Waals surface area (Å²) < 4.78 is 26.7. The van der Waals surface area contributed by atoms with Gasteiger partial charge in [-0.2, -0.15) is 5.26 Å². The Labute approximate surface area is 125 Å². The molecule has 0 saturated heterocycles. The number of rotatable bonds is 4. The number of sulfonamides is 1. The molecule has 2 aromatic rings. The first-order valence-corrected chi connectivity index (χ1v) is 8.21. The van der Waals surface area contributed by atoms with Crippen molar-refractivity contribution >= 4 is 33.0 Å². The van der Waals surface area contributed by atoms with Crippen molar-refractivity contribution in [2.45, 2.75) is 18.4 Å². The molecule has 0 saturated carbocycles. The van der Waals surface area contributed by atoms with Crippen LogP contribution in [0.15, 0.2) is 29.3 Å². The Balaban J connectivity index is 2.20. The zero-order valence-corrected chi connectivity index (χ0v) is 12.8. The highest BCUT2D eigenvalue weighted by Crippen LogP contribution is 2.22. The average molecular weight is 328 g/mol. The van der Waals surface area contributed by atoms with Crippen molar-refractivity contribution in [2.75, 3.05) is 0 Å². The highest BCUT2D eigenvalue weighted by atomic mass is 35.5. The second-order valence-electron chi connectivity index (χ2n) is 3.95. The fourth-order valence-corrected chi connectivity index (χ4v) is 3.85. The van der Waals surface area contributed by atoms with Crippen LogP contribution in [0.2, 0.25) is 5.02 Å². The zero-order valence-electron chi connectivity index (χ0n) is 10.4. The quantitative estimate of drug-likeness (QED) is 0.935. The Hall–Kier alpha value is -1.46. The van der Waals surface area contributed by atoms with Crippen LogP contribution in [0.25, 0.3) is 0 Å². The molecule has 0 amide bonds. The molecule has 2 rings (SSSR count). The molecule has 8 heteroatoms. The van der Waals surface area contributed by atoms with Crippen LogP contribution >= 0.6 is 22.9 Å². The Morgan fingerprint density at radius 2 is 2.25 bits per heavy atom. The molecule has 0 spiro atoms. The minimum atomic E-state index is -3.73. The van der Waals surface area contributed by atoms with Gasteiger partial charge in [-0.25, -0.2) is 18.1 Å². The van der Waals surface area contributed by atoms with E-state index in [0.717, 1.165) is 4.88 Å². The third-order valence-corrected chi connectivity index (χ3v) is 5.23. The van der Waals surface area contributed by atoms with Crippen molar-refractivity contribution in [1.29, 1.82) is 5.26 Å². The van der Waals surface area contributed by atoms with E-state index in [9.17, 15) is 8.42 Å². The maximum atomic E-state index is 12.1. The minimum Gasteiger partial charge on any atom is -0.248 e. The van der Waals surface area contributed by atoms with E-state index < -0.39 is 10.0 Å². The van der Waals surface area contributed by atoms with Crippen LogP contribution in [0.3, 0.4) is 0 Å². The van der Waals surface area contributed by atoms with Gasteiger partial charge in [0.15, 0.2) is 0 Å². The van der Waals surface area contributed by atoms with Gasteiger partial charge < -0.3 is 0 Å². The Morgan fingerprint density at radius 1 is 1.50 bits per heavy atom. The van der Waals surface area contributed by atoms with E-state index in [4.69, 9.17) is 16.9 Å². The first-order valence-electron chi connectivity index (χ1n) is 5.53. The molecule has 20 heavy (non-hydrogen) atoms. The van der Waals surface area contributed by atoms with Crippen LogP contribution in [0.4, 0.5) is 0 Å². The second kappa shape index (κ2) is 5.89. The third kappa shape index (κ3) is 3.35. The summed E-state index contributed by atoms with van der Waals surface area (Å²) in [7, 11) is -3.73. The minimum absolute atomic E-state index is 0.0202. The largest absolute Gasteiger partial charge is 0.248 e. The van der Waals surface area contributed by atoms with Crippen LogP contribution in [-0.4, -0.2) is 13.4 Å². The number of halogens is 1. The van der Waals surface area contributed by atoms with E-state index in [1.165, 1.54) is 29.5 Å². The van der Waals surface area contributed by atoms with Crippen LogP contribution in [0.5, 0.6) is 0 Å². The van der Waals surface area contributed by atoms with Crippen molar-refractivity contribution in [2.24, 2.45) is 0 Å². The molecule has 0 aliphatic carbocycles. The molecule has 0 atom stereocenters. The van der Waals surface area contributed by atoms with Gasteiger partial charge in [-0.3, -0.25) is 0 Å². The molecule has 0 unspecified atom stereocenters. The Morgan fingerprint density at radius 3 is 2.80 bits per heavy atom. The lowest BCUT2D eigenvalue weighted by Gasteiger charge is -2.07. The van der Waals surface area contributed by atoms with Gasteiger partial charge in [0.25, 0.3) is 0 Å². The molecule has 1 aromatic heterocycles. The van der Waals surface area contributed by atoms with Gasteiger partial charge in [-0.15, -0.1) is 11.3 Å². The topological polar surface area (TPSA) is 82.8 Å². The summed E-state index contributed by atoms with van der Waals surface area (Å²) in [5.74, 6) is 0. The number of hydrogen-bond donors (Lipinski definition) is 1. The van der Waals surface area contributed by atoms with E-state index in [1.807, 2.05) is 13.0 Å². The molecule has 5 nitrogen and oxygen atoms in total. The summed E-state index contributed by atoms with van der Waals surface area (Å²) in [5.41, 5.74) is 0.310. The van der Waals surface area contributed by atoms with Gasteiger partial charge in [0.1, 0.15) is 9.90 Å². The normalized spacial score (nSPS) is 11.2. The molecule has 0 bridgehead atoms. The summed E-state index contributed by atoms with van der Waals surface area (Å²) in [6.07, 6.45) is 1.68. The predicted molar refractivity (Wildman–Crippen MR) is 77.0 cm³/mol. The van der Waals surface area contributed by atoms with Crippen molar-refractivity contribution in [3.63, 3.8) is 0 Å². The fourth-order valence-electron chi connectivity index (χ4n) is 1.51. The maximum absolute atomic E-state index is 12.1. The zero-order chi connectivity index (χ0) is 14.8. The standard InChI is InChI=1S/C12H10ClN3O2S2/c1-8-6-15-12(19-8)7-16-20(17,18)11-3-2-9(5-14)4-10(11)13/h2-4,6,16H,7H2,1H3. The number of nitrogens with zero attached hydrogens (tertiary/aromatic N) is 2. The van der Waals surface area contributed by atoms with E-state index in [1.54, 1.807) is 6.20 Å². The molecular weight excluding hydrogens is 318 g/mol. The van der Waals surface area contributed by atoms with Crippen molar-refractivity contribution in [1.82, 2.24) is 9.71 Å². The molecule has 0 aliphatic heterocycles. The van der Waals surface area contributed by atoms with Crippen molar-refractivity contribution in [3.8, 4) is 6.07 Å². The van der Waals surface area contributed by atoms with Crippen molar-refractivity contribution < 1.29 is 8.42 Å².